The van der Waals surface area contributed by atoms with Crippen molar-refractivity contribution in [3.8, 4) is 0 Å². The van der Waals surface area contributed by atoms with Crippen molar-refractivity contribution in [3.63, 3.8) is 0 Å². The molecule has 1 heterocycles. The third-order valence-electron chi connectivity index (χ3n) is 3.15. The van der Waals surface area contributed by atoms with Crippen molar-refractivity contribution in [1.29, 1.82) is 0 Å². The van der Waals surface area contributed by atoms with Gasteiger partial charge in [-0.15, -0.1) is 0 Å². The quantitative estimate of drug-likeness (QED) is 0.742. The molecule has 0 aliphatic heterocycles. The molecule has 0 saturated heterocycles. The van der Waals surface area contributed by atoms with Gasteiger partial charge in [-0.1, -0.05) is 12.1 Å². The SMILES string of the molecule is CN(Cc1cccc(F)c1)c1ccc(N)c2nonc12. The molecule has 0 saturated carbocycles. The van der Waals surface area contributed by atoms with E-state index in [1.54, 1.807) is 12.1 Å². The lowest BCUT2D eigenvalue weighted by molar-refractivity contribution is 0.315. The minimum atomic E-state index is -0.249. The van der Waals surface area contributed by atoms with Crippen LogP contribution in [0.2, 0.25) is 0 Å². The minimum Gasteiger partial charge on any atom is -0.397 e. The van der Waals surface area contributed by atoms with E-state index in [1.807, 2.05) is 24.1 Å². The Bertz CT molecular complexity index is 756. The molecule has 6 heteroatoms. The first-order chi connectivity index (χ1) is 9.65. The fraction of sp³-hybridized carbons (Fsp3) is 0.143. The van der Waals surface area contributed by atoms with Crippen molar-refractivity contribution in [2.75, 3.05) is 17.7 Å². The summed E-state index contributed by atoms with van der Waals surface area (Å²) in [5.74, 6) is -0.249. The number of aromatic nitrogens is 2. The number of nitrogen functional groups attached to an aromatic ring is 1. The van der Waals surface area contributed by atoms with Crippen LogP contribution in [0, 0.1) is 5.82 Å². The van der Waals surface area contributed by atoms with Crippen LogP contribution in [-0.2, 0) is 6.54 Å². The molecular weight excluding hydrogens is 259 g/mol. The van der Waals surface area contributed by atoms with Gasteiger partial charge in [0, 0.05) is 13.6 Å². The average Bonchev–Trinajstić information content (AvgIpc) is 2.89. The molecule has 0 radical (unpaired) electrons. The minimum absolute atomic E-state index is 0.249. The van der Waals surface area contributed by atoms with E-state index in [2.05, 4.69) is 10.3 Å². The molecule has 102 valence electrons. The number of hydrogen-bond donors (Lipinski definition) is 1. The van der Waals surface area contributed by atoms with Crippen molar-refractivity contribution in [2.45, 2.75) is 6.54 Å². The second-order valence-corrected chi connectivity index (χ2v) is 4.62. The summed E-state index contributed by atoms with van der Waals surface area (Å²) in [4.78, 5) is 1.95. The molecule has 5 nitrogen and oxygen atoms in total. The topological polar surface area (TPSA) is 68.2 Å². The van der Waals surface area contributed by atoms with Crippen molar-refractivity contribution in [2.24, 2.45) is 0 Å². The number of anilines is 2. The van der Waals surface area contributed by atoms with Gasteiger partial charge in [0.25, 0.3) is 0 Å². The Hall–Kier alpha value is -2.63. The summed E-state index contributed by atoms with van der Waals surface area (Å²) in [6, 6.07) is 10.1. The zero-order valence-electron chi connectivity index (χ0n) is 10.9. The number of hydrogen-bond acceptors (Lipinski definition) is 5. The maximum Gasteiger partial charge on any atom is 0.160 e. The molecule has 3 rings (SSSR count). The van der Waals surface area contributed by atoms with Gasteiger partial charge in [-0.05, 0) is 40.1 Å². The fourth-order valence-corrected chi connectivity index (χ4v) is 2.17. The van der Waals surface area contributed by atoms with E-state index >= 15 is 0 Å². The van der Waals surface area contributed by atoms with Crippen LogP contribution in [0.25, 0.3) is 11.0 Å². The van der Waals surface area contributed by atoms with Gasteiger partial charge in [0.05, 0.1) is 11.4 Å². The Morgan fingerprint density at radius 3 is 2.80 bits per heavy atom. The van der Waals surface area contributed by atoms with E-state index in [0.29, 0.717) is 23.3 Å². The first kappa shape index (κ1) is 12.4. The van der Waals surface area contributed by atoms with Gasteiger partial charge in [0.2, 0.25) is 0 Å². The molecule has 0 aliphatic rings. The van der Waals surface area contributed by atoms with Gasteiger partial charge in [0.1, 0.15) is 5.82 Å². The van der Waals surface area contributed by atoms with E-state index in [0.717, 1.165) is 11.3 Å². The third kappa shape index (κ3) is 2.16. The van der Waals surface area contributed by atoms with Gasteiger partial charge in [-0.25, -0.2) is 9.02 Å². The van der Waals surface area contributed by atoms with Crippen LogP contribution < -0.4 is 10.6 Å². The second kappa shape index (κ2) is 4.80. The van der Waals surface area contributed by atoms with E-state index in [4.69, 9.17) is 10.4 Å². The molecule has 1 aromatic heterocycles. The summed E-state index contributed by atoms with van der Waals surface area (Å²) >= 11 is 0. The van der Waals surface area contributed by atoms with Gasteiger partial charge >= 0.3 is 0 Å². The predicted molar refractivity (Wildman–Crippen MR) is 74.7 cm³/mol. The lowest BCUT2D eigenvalue weighted by Gasteiger charge is -2.19. The largest absolute Gasteiger partial charge is 0.397 e. The summed E-state index contributed by atoms with van der Waals surface area (Å²) in [7, 11) is 1.89. The first-order valence-electron chi connectivity index (χ1n) is 6.11. The zero-order valence-corrected chi connectivity index (χ0v) is 10.9. The molecule has 0 amide bonds. The molecule has 0 atom stereocenters. The Morgan fingerprint density at radius 1 is 1.20 bits per heavy atom. The lowest BCUT2D eigenvalue weighted by Crippen LogP contribution is -2.17. The summed E-state index contributed by atoms with van der Waals surface area (Å²) in [5.41, 5.74) is 9.17. The van der Waals surface area contributed by atoms with Crippen LogP contribution in [0.1, 0.15) is 5.56 Å². The Morgan fingerprint density at radius 2 is 2.00 bits per heavy atom. The summed E-state index contributed by atoms with van der Waals surface area (Å²) in [5, 5.41) is 7.66. The normalized spacial score (nSPS) is 10.9. The Kier molecular flexibility index (Phi) is 2.98. The van der Waals surface area contributed by atoms with Crippen LogP contribution in [0.15, 0.2) is 41.0 Å². The molecule has 2 aromatic carbocycles. The molecule has 3 aromatic rings. The molecule has 0 bridgehead atoms. The van der Waals surface area contributed by atoms with Crippen LogP contribution in [-0.4, -0.2) is 17.4 Å². The summed E-state index contributed by atoms with van der Waals surface area (Å²) in [6.45, 7) is 0.545. The summed E-state index contributed by atoms with van der Waals surface area (Å²) < 4.78 is 17.9. The molecular formula is C14H13FN4O. The van der Waals surface area contributed by atoms with Crippen molar-refractivity contribution in [3.05, 3.63) is 47.8 Å². The molecule has 0 aliphatic carbocycles. The highest BCUT2D eigenvalue weighted by molar-refractivity contribution is 5.95. The second-order valence-electron chi connectivity index (χ2n) is 4.62. The monoisotopic (exact) mass is 272 g/mol. The molecule has 2 N–H and O–H groups in total. The maximum atomic E-state index is 13.2. The fourth-order valence-electron chi connectivity index (χ4n) is 2.17. The molecule has 0 unspecified atom stereocenters. The number of nitrogens with zero attached hydrogens (tertiary/aromatic N) is 3. The standard InChI is InChI=1S/C14H13FN4O/c1-19(8-9-3-2-4-10(15)7-9)12-6-5-11(16)13-14(12)18-20-17-13/h2-7H,8,16H2,1H3. The third-order valence-corrected chi connectivity index (χ3v) is 3.15. The van der Waals surface area contributed by atoms with Crippen molar-refractivity contribution < 1.29 is 9.02 Å². The molecule has 0 fully saturated rings. The predicted octanol–water partition coefficient (Wildman–Crippen LogP) is 2.58. The van der Waals surface area contributed by atoms with E-state index in [1.165, 1.54) is 12.1 Å². The van der Waals surface area contributed by atoms with E-state index in [9.17, 15) is 4.39 Å². The number of halogens is 1. The Balaban J connectivity index is 1.95. The van der Waals surface area contributed by atoms with Gasteiger partial charge in [-0.3, -0.25) is 0 Å². The van der Waals surface area contributed by atoms with Crippen LogP contribution in [0.5, 0.6) is 0 Å². The van der Waals surface area contributed by atoms with Crippen molar-refractivity contribution in [1.82, 2.24) is 10.3 Å². The average molecular weight is 272 g/mol. The first-order valence-corrected chi connectivity index (χ1v) is 6.11. The lowest BCUT2D eigenvalue weighted by atomic mass is 10.2. The highest BCUT2D eigenvalue weighted by atomic mass is 19.1. The number of fused-ring (bicyclic) bond motifs is 1. The van der Waals surface area contributed by atoms with Crippen LogP contribution in [0.3, 0.4) is 0 Å². The highest BCUT2D eigenvalue weighted by Gasteiger charge is 2.13. The number of nitrogens with two attached hydrogens (primary N) is 1. The van der Waals surface area contributed by atoms with Crippen LogP contribution >= 0.6 is 0 Å². The van der Waals surface area contributed by atoms with E-state index < -0.39 is 0 Å². The van der Waals surface area contributed by atoms with Crippen LogP contribution in [0.4, 0.5) is 15.8 Å². The summed E-state index contributed by atoms with van der Waals surface area (Å²) in [6.07, 6.45) is 0. The molecule has 0 spiro atoms. The van der Waals surface area contributed by atoms with E-state index in [-0.39, 0.29) is 5.82 Å². The zero-order chi connectivity index (χ0) is 14.1. The van der Waals surface area contributed by atoms with Gasteiger partial charge in [-0.2, -0.15) is 0 Å². The van der Waals surface area contributed by atoms with Gasteiger partial charge in [0.15, 0.2) is 11.0 Å². The smallest absolute Gasteiger partial charge is 0.160 e. The highest BCUT2D eigenvalue weighted by Crippen LogP contribution is 2.28. The Labute approximate surface area is 114 Å². The van der Waals surface area contributed by atoms with Crippen molar-refractivity contribution >= 4 is 22.4 Å². The maximum absolute atomic E-state index is 13.2. The van der Waals surface area contributed by atoms with Gasteiger partial charge < -0.3 is 10.6 Å². The number of benzene rings is 2. The molecule has 20 heavy (non-hydrogen) atoms. The number of rotatable bonds is 3.